The molecular formula is C17H26N6S. The summed E-state index contributed by atoms with van der Waals surface area (Å²) in [7, 11) is 3.97. The minimum atomic E-state index is 0.608. The van der Waals surface area contributed by atoms with E-state index < -0.39 is 0 Å². The van der Waals surface area contributed by atoms with Crippen molar-refractivity contribution in [3.8, 4) is 0 Å². The summed E-state index contributed by atoms with van der Waals surface area (Å²) in [5.41, 5.74) is 1.13. The van der Waals surface area contributed by atoms with Crippen LogP contribution < -0.4 is 15.5 Å². The lowest BCUT2D eigenvalue weighted by Crippen LogP contribution is -2.36. The van der Waals surface area contributed by atoms with E-state index in [1.165, 1.54) is 4.88 Å². The first-order chi connectivity index (χ1) is 11.6. The monoisotopic (exact) mass is 346 g/mol. The van der Waals surface area contributed by atoms with Crippen molar-refractivity contribution in [3.05, 3.63) is 40.0 Å². The Balaban J connectivity index is 1.98. The highest BCUT2D eigenvalue weighted by Crippen LogP contribution is 2.13. The van der Waals surface area contributed by atoms with Crippen LogP contribution >= 0.6 is 11.3 Å². The van der Waals surface area contributed by atoms with Crippen LogP contribution in [0.25, 0.3) is 0 Å². The normalized spacial score (nSPS) is 11.4. The van der Waals surface area contributed by atoms with Gasteiger partial charge in [0.05, 0.1) is 13.1 Å². The van der Waals surface area contributed by atoms with Gasteiger partial charge >= 0.3 is 0 Å². The van der Waals surface area contributed by atoms with E-state index in [2.05, 4.69) is 45.5 Å². The summed E-state index contributed by atoms with van der Waals surface area (Å²) in [5.74, 6) is 1.74. The van der Waals surface area contributed by atoms with Gasteiger partial charge in [-0.1, -0.05) is 6.92 Å². The Morgan fingerprint density at radius 1 is 1.25 bits per heavy atom. The van der Waals surface area contributed by atoms with Crippen LogP contribution in [0.5, 0.6) is 0 Å². The molecule has 0 saturated carbocycles. The summed E-state index contributed by atoms with van der Waals surface area (Å²) in [4.78, 5) is 16.7. The lowest BCUT2D eigenvalue weighted by Gasteiger charge is -2.12. The molecule has 0 fully saturated rings. The number of anilines is 1. The van der Waals surface area contributed by atoms with Crippen LogP contribution in [0.3, 0.4) is 0 Å². The quantitative estimate of drug-likeness (QED) is 0.595. The number of guanidine groups is 1. The number of nitrogens with zero attached hydrogens (tertiary/aromatic N) is 4. The molecule has 7 heteroatoms. The third kappa shape index (κ3) is 5.49. The van der Waals surface area contributed by atoms with E-state index in [1.807, 2.05) is 37.5 Å². The molecule has 2 rings (SSSR count). The third-order valence-electron chi connectivity index (χ3n) is 3.39. The van der Waals surface area contributed by atoms with Gasteiger partial charge in [0.25, 0.3) is 0 Å². The molecule has 0 bridgehead atoms. The van der Waals surface area contributed by atoms with Gasteiger partial charge in [0, 0.05) is 37.9 Å². The topological polar surface area (TPSA) is 65.4 Å². The Labute approximate surface area is 148 Å². The van der Waals surface area contributed by atoms with Gasteiger partial charge in [0.15, 0.2) is 5.96 Å². The highest BCUT2D eigenvalue weighted by molar-refractivity contribution is 7.11. The second kappa shape index (κ2) is 9.22. The van der Waals surface area contributed by atoms with Crippen molar-refractivity contribution < 1.29 is 0 Å². The zero-order valence-electron chi connectivity index (χ0n) is 14.8. The van der Waals surface area contributed by atoms with Crippen LogP contribution in [0, 0.1) is 0 Å². The standard InChI is InChI=1S/C17H26N6S/c1-5-14-11-20-16(24-14)12-22-17(18-6-2)21-10-13-7-8-19-15(9-13)23(3)4/h7-9,11H,5-6,10,12H2,1-4H3,(H2,18,21,22). The van der Waals surface area contributed by atoms with Gasteiger partial charge in [-0.05, 0) is 31.0 Å². The zero-order chi connectivity index (χ0) is 17.4. The predicted molar refractivity (Wildman–Crippen MR) is 102 cm³/mol. The molecule has 0 saturated heterocycles. The van der Waals surface area contributed by atoms with Gasteiger partial charge in [0.1, 0.15) is 10.8 Å². The first-order valence-corrected chi connectivity index (χ1v) is 9.02. The molecule has 24 heavy (non-hydrogen) atoms. The minimum Gasteiger partial charge on any atom is -0.363 e. The fourth-order valence-corrected chi connectivity index (χ4v) is 2.87. The molecule has 0 spiro atoms. The number of thiazole rings is 1. The van der Waals surface area contributed by atoms with Crippen molar-refractivity contribution in [2.75, 3.05) is 25.5 Å². The van der Waals surface area contributed by atoms with Crippen molar-refractivity contribution in [3.63, 3.8) is 0 Å². The summed E-state index contributed by atoms with van der Waals surface area (Å²) in [6, 6.07) is 4.05. The summed E-state index contributed by atoms with van der Waals surface area (Å²) < 4.78 is 0. The smallest absolute Gasteiger partial charge is 0.191 e. The van der Waals surface area contributed by atoms with Gasteiger partial charge in [-0.2, -0.15) is 0 Å². The van der Waals surface area contributed by atoms with E-state index in [4.69, 9.17) is 0 Å². The summed E-state index contributed by atoms with van der Waals surface area (Å²) in [6.45, 7) is 6.33. The number of pyridine rings is 1. The first kappa shape index (κ1) is 18.2. The van der Waals surface area contributed by atoms with Crippen molar-refractivity contribution in [1.29, 1.82) is 0 Å². The Kier molecular flexibility index (Phi) is 6.99. The second-order valence-corrected chi connectivity index (χ2v) is 6.74. The minimum absolute atomic E-state index is 0.608. The van der Waals surface area contributed by atoms with Gasteiger partial charge in [-0.25, -0.2) is 15.0 Å². The molecule has 0 aromatic carbocycles. The molecule has 2 aromatic heterocycles. The third-order valence-corrected chi connectivity index (χ3v) is 4.53. The molecular weight excluding hydrogens is 320 g/mol. The lowest BCUT2D eigenvalue weighted by atomic mass is 10.2. The van der Waals surface area contributed by atoms with Crippen molar-refractivity contribution >= 4 is 23.1 Å². The van der Waals surface area contributed by atoms with E-state index in [9.17, 15) is 0 Å². The molecule has 2 heterocycles. The summed E-state index contributed by atoms with van der Waals surface area (Å²) in [6.07, 6.45) is 4.80. The van der Waals surface area contributed by atoms with Crippen LogP contribution in [0.2, 0.25) is 0 Å². The van der Waals surface area contributed by atoms with Gasteiger partial charge in [0.2, 0.25) is 0 Å². The van der Waals surface area contributed by atoms with E-state index in [1.54, 1.807) is 11.3 Å². The van der Waals surface area contributed by atoms with Crippen LogP contribution in [0.1, 0.15) is 29.3 Å². The molecule has 2 N–H and O–H groups in total. The molecule has 0 aliphatic carbocycles. The van der Waals surface area contributed by atoms with E-state index in [-0.39, 0.29) is 0 Å². The average Bonchev–Trinajstić information content (AvgIpc) is 3.05. The maximum Gasteiger partial charge on any atom is 0.191 e. The number of rotatable bonds is 7. The lowest BCUT2D eigenvalue weighted by molar-refractivity contribution is 0.811. The molecule has 0 aliphatic rings. The number of aromatic nitrogens is 2. The molecule has 130 valence electrons. The van der Waals surface area contributed by atoms with Crippen LogP contribution in [0.4, 0.5) is 5.82 Å². The van der Waals surface area contributed by atoms with Gasteiger partial charge < -0.3 is 15.5 Å². The van der Waals surface area contributed by atoms with Crippen LogP contribution in [-0.4, -0.2) is 36.6 Å². The number of aryl methyl sites for hydroxylation is 1. The SMILES string of the molecule is CCNC(=NCc1ccnc(N(C)C)c1)NCc1ncc(CC)s1. The van der Waals surface area contributed by atoms with E-state index in [0.717, 1.165) is 35.3 Å². The molecule has 0 radical (unpaired) electrons. The molecule has 0 unspecified atom stereocenters. The molecule has 0 aliphatic heterocycles. The fourth-order valence-electron chi connectivity index (χ4n) is 2.07. The summed E-state index contributed by atoms with van der Waals surface area (Å²) in [5, 5.41) is 7.69. The zero-order valence-corrected chi connectivity index (χ0v) is 15.7. The fraction of sp³-hybridized carbons (Fsp3) is 0.471. The summed E-state index contributed by atoms with van der Waals surface area (Å²) >= 11 is 1.74. The highest BCUT2D eigenvalue weighted by Gasteiger charge is 2.03. The van der Waals surface area contributed by atoms with Crippen molar-refractivity contribution in [1.82, 2.24) is 20.6 Å². The Bertz CT molecular complexity index is 665. The Morgan fingerprint density at radius 2 is 2.08 bits per heavy atom. The number of nitrogens with one attached hydrogen (secondary N) is 2. The van der Waals surface area contributed by atoms with Crippen molar-refractivity contribution in [2.24, 2.45) is 4.99 Å². The molecule has 6 nitrogen and oxygen atoms in total. The van der Waals surface area contributed by atoms with Gasteiger partial charge in [-0.3, -0.25) is 0 Å². The average molecular weight is 347 g/mol. The van der Waals surface area contributed by atoms with Crippen molar-refractivity contribution in [2.45, 2.75) is 33.4 Å². The van der Waals surface area contributed by atoms with E-state index >= 15 is 0 Å². The van der Waals surface area contributed by atoms with Crippen LogP contribution in [-0.2, 0) is 19.5 Å². The molecule has 2 aromatic rings. The highest BCUT2D eigenvalue weighted by atomic mass is 32.1. The maximum atomic E-state index is 4.65. The number of hydrogen-bond acceptors (Lipinski definition) is 5. The molecule has 0 atom stereocenters. The largest absolute Gasteiger partial charge is 0.363 e. The maximum absolute atomic E-state index is 4.65. The van der Waals surface area contributed by atoms with Gasteiger partial charge in [-0.15, -0.1) is 11.3 Å². The van der Waals surface area contributed by atoms with E-state index in [0.29, 0.717) is 13.1 Å². The van der Waals surface area contributed by atoms with Crippen LogP contribution in [0.15, 0.2) is 29.5 Å². The number of hydrogen-bond donors (Lipinski definition) is 2. The Hall–Kier alpha value is -2.15. The number of aliphatic imine (C=N–C) groups is 1. The Morgan fingerprint density at radius 3 is 2.75 bits per heavy atom. The second-order valence-electron chi connectivity index (χ2n) is 5.54. The first-order valence-electron chi connectivity index (χ1n) is 8.20. The molecule has 0 amide bonds. The predicted octanol–water partition coefficient (Wildman–Crippen LogP) is 2.42.